The highest BCUT2D eigenvalue weighted by molar-refractivity contribution is 4.72. The number of likely N-dealkylation sites (tertiary alicyclic amines) is 1. The van der Waals surface area contributed by atoms with E-state index in [4.69, 9.17) is 14.6 Å². The van der Waals surface area contributed by atoms with E-state index in [0.717, 1.165) is 45.7 Å². The van der Waals surface area contributed by atoms with Crippen LogP contribution in [0.1, 0.15) is 26.7 Å². The molecule has 0 amide bonds. The van der Waals surface area contributed by atoms with Crippen LogP contribution < -0.4 is 0 Å². The van der Waals surface area contributed by atoms with Crippen LogP contribution in [0.2, 0.25) is 0 Å². The molecule has 1 rings (SSSR count). The summed E-state index contributed by atoms with van der Waals surface area (Å²) in [4.78, 5) is 2.43. The summed E-state index contributed by atoms with van der Waals surface area (Å²) in [7, 11) is 0. The second-order valence-corrected chi connectivity index (χ2v) is 5.10. The van der Waals surface area contributed by atoms with Crippen molar-refractivity contribution in [1.29, 1.82) is 0 Å². The van der Waals surface area contributed by atoms with E-state index in [1.807, 2.05) is 0 Å². The normalized spacial score (nSPS) is 19.1. The zero-order valence-electron chi connectivity index (χ0n) is 11.2. The summed E-state index contributed by atoms with van der Waals surface area (Å²) in [5.74, 6) is 0.618. The van der Waals surface area contributed by atoms with Gasteiger partial charge in [0.05, 0.1) is 25.9 Å². The molecule has 0 spiro atoms. The Morgan fingerprint density at radius 1 is 1.24 bits per heavy atom. The van der Waals surface area contributed by atoms with Crippen molar-refractivity contribution in [2.75, 3.05) is 46.1 Å². The summed E-state index contributed by atoms with van der Waals surface area (Å²) in [6.45, 7) is 9.83. The first-order valence-electron chi connectivity index (χ1n) is 6.75. The molecule has 0 aromatic carbocycles. The molecule has 0 aromatic heterocycles. The third-order valence-corrected chi connectivity index (χ3v) is 2.98. The third-order valence-electron chi connectivity index (χ3n) is 2.98. The van der Waals surface area contributed by atoms with Crippen molar-refractivity contribution in [1.82, 2.24) is 4.90 Å². The molecule has 0 unspecified atom stereocenters. The maximum absolute atomic E-state index is 8.68. The van der Waals surface area contributed by atoms with Gasteiger partial charge in [-0.2, -0.15) is 0 Å². The quantitative estimate of drug-likeness (QED) is 0.651. The molecule has 0 radical (unpaired) electrons. The number of hydrogen-bond donors (Lipinski definition) is 1. The van der Waals surface area contributed by atoms with Crippen molar-refractivity contribution in [2.45, 2.75) is 32.8 Å². The monoisotopic (exact) mass is 245 g/mol. The summed E-state index contributed by atoms with van der Waals surface area (Å²) < 4.78 is 11.1. The summed E-state index contributed by atoms with van der Waals surface area (Å²) in [5, 5.41) is 8.68. The smallest absolute Gasteiger partial charge is 0.0701 e. The van der Waals surface area contributed by atoms with Gasteiger partial charge in [-0.15, -0.1) is 0 Å². The van der Waals surface area contributed by atoms with Crippen LogP contribution in [0.5, 0.6) is 0 Å². The van der Waals surface area contributed by atoms with E-state index in [1.54, 1.807) is 0 Å². The highest BCUT2D eigenvalue weighted by Crippen LogP contribution is 2.13. The average molecular weight is 245 g/mol. The van der Waals surface area contributed by atoms with E-state index in [2.05, 4.69) is 18.7 Å². The van der Waals surface area contributed by atoms with Crippen molar-refractivity contribution in [3.05, 3.63) is 0 Å². The van der Waals surface area contributed by atoms with Gasteiger partial charge in [0, 0.05) is 26.2 Å². The third kappa shape index (κ3) is 6.99. The maximum Gasteiger partial charge on any atom is 0.0701 e. The maximum atomic E-state index is 8.68. The van der Waals surface area contributed by atoms with Crippen LogP contribution in [0.25, 0.3) is 0 Å². The fourth-order valence-electron chi connectivity index (χ4n) is 2.03. The molecule has 17 heavy (non-hydrogen) atoms. The summed E-state index contributed by atoms with van der Waals surface area (Å²) in [6.07, 6.45) is 2.49. The van der Waals surface area contributed by atoms with E-state index in [0.29, 0.717) is 18.6 Å². The number of hydrogen-bond acceptors (Lipinski definition) is 4. The molecule has 1 aliphatic rings. The Morgan fingerprint density at radius 2 is 1.94 bits per heavy atom. The lowest BCUT2D eigenvalue weighted by Crippen LogP contribution is -2.39. The van der Waals surface area contributed by atoms with Crippen molar-refractivity contribution in [2.24, 2.45) is 5.92 Å². The molecule has 4 heteroatoms. The molecule has 0 aromatic rings. The standard InChI is InChI=1S/C13H27NO3/c1-12(2)11-16-9-7-14-5-3-13(4-6-14)17-10-8-15/h12-13,15H,3-11H2,1-2H3. The van der Waals surface area contributed by atoms with Crippen molar-refractivity contribution >= 4 is 0 Å². The molecule has 1 saturated heterocycles. The molecule has 0 atom stereocenters. The summed E-state index contributed by atoms with van der Waals surface area (Å²) in [5.41, 5.74) is 0. The van der Waals surface area contributed by atoms with Crippen LogP contribution in [0.15, 0.2) is 0 Å². The van der Waals surface area contributed by atoms with Crippen LogP contribution >= 0.6 is 0 Å². The molecule has 0 aliphatic carbocycles. The van der Waals surface area contributed by atoms with Gasteiger partial charge in [0.2, 0.25) is 0 Å². The number of nitrogens with zero attached hydrogens (tertiary/aromatic N) is 1. The Kier molecular flexibility index (Phi) is 7.77. The summed E-state index contributed by atoms with van der Waals surface area (Å²) in [6, 6.07) is 0. The van der Waals surface area contributed by atoms with Gasteiger partial charge in [0.25, 0.3) is 0 Å². The zero-order valence-corrected chi connectivity index (χ0v) is 11.2. The first-order chi connectivity index (χ1) is 8.22. The molecule has 4 nitrogen and oxygen atoms in total. The minimum absolute atomic E-state index is 0.128. The SMILES string of the molecule is CC(C)COCCN1CCC(OCCO)CC1. The molecule has 1 heterocycles. The predicted octanol–water partition coefficient (Wildman–Crippen LogP) is 1.13. The highest BCUT2D eigenvalue weighted by Gasteiger charge is 2.18. The fourth-order valence-corrected chi connectivity index (χ4v) is 2.03. The van der Waals surface area contributed by atoms with Gasteiger partial charge in [-0.05, 0) is 18.8 Å². The Bertz CT molecular complexity index is 180. The molecule has 0 bridgehead atoms. The number of aliphatic hydroxyl groups excluding tert-OH is 1. The van der Waals surface area contributed by atoms with E-state index in [-0.39, 0.29) is 6.61 Å². The number of piperidine rings is 1. The van der Waals surface area contributed by atoms with Crippen LogP contribution in [0, 0.1) is 5.92 Å². The minimum Gasteiger partial charge on any atom is -0.394 e. The number of aliphatic hydroxyl groups is 1. The van der Waals surface area contributed by atoms with Gasteiger partial charge >= 0.3 is 0 Å². The van der Waals surface area contributed by atoms with Crippen LogP contribution in [0.3, 0.4) is 0 Å². The van der Waals surface area contributed by atoms with E-state index < -0.39 is 0 Å². The Morgan fingerprint density at radius 3 is 2.53 bits per heavy atom. The topological polar surface area (TPSA) is 41.9 Å². The van der Waals surface area contributed by atoms with Crippen molar-refractivity contribution in [3.63, 3.8) is 0 Å². The summed E-state index contributed by atoms with van der Waals surface area (Å²) >= 11 is 0. The molecule has 102 valence electrons. The molecular weight excluding hydrogens is 218 g/mol. The van der Waals surface area contributed by atoms with Gasteiger partial charge in [-0.1, -0.05) is 13.8 Å². The van der Waals surface area contributed by atoms with Gasteiger partial charge in [-0.3, -0.25) is 0 Å². The fraction of sp³-hybridized carbons (Fsp3) is 1.00. The van der Waals surface area contributed by atoms with Gasteiger partial charge in [0.1, 0.15) is 0 Å². The minimum atomic E-state index is 0.128. The number of rotatable bonds is 8. The lowest BCUT2D eigenvalue weighted by molar-refractivity contribution is -0.0130. The van der Waals surface area contributed by atoms with Crippen molar-refractivity contribution < 1.29 is 14.6 Å². The van der Waals surface area contributed by atoms with Gasteiger partial charge in [0.15, 0.2) is 0 Å². The second kappa shape index (κ2) is 8.86. The molecule has 1 N–H and O–H groups in total. The Hall–Kier alpha value is -0.160. The van der Waals surface area contributed by atoms with Gasteiger partial charge < -0.3 is 19.5 Å². The zero-order chi connectivity index (χ0) is 12.5. The van der Waals surface area contributed by atoms with Crippen LogP contribution in [0.4, 0.5) is 0 Å². The predicted molar refractivity (Wildman–Crippen MR) is 68.2 cm³/mol. The largest absolute Gasteiger partial charge is 0.394 e. The molecular formula is C13H27NO3. The van der Waals surface area contributed by atoms with Gasteiger partial charge in [-0.25, -0.2) is 0 Å². The van der Waals surface area contributed by atoms with Crippen LogP contribution in [-0.2, 0) is 9.47 Å². The number of ether oxygens (including phenoxy) is 2. The first kappa shape index (κ1) is 14.9. The molecule has 1 fully saturated rings. The lowest BCUT2D eigenvalue weighted by atomic mass is 10.1. The van der Waals surface area contributed by atoms with E-state index in [1.165, 1.54) is 0 Å². The Balaban J connectivity index is 1.99. The van der Waals surface area contributed by atoms with Crippen LogP contribution in [-0.4, -0.2) is 62.2 Å². The average Bonchev–Trinajstić information content (AvgIpc) is 2.33. The van der Waals surface area contributed by atoms with E-state index in [9.17, 15) is 0 Å². The second-order valence-electron chi connectivity index (χ2n) is 5.10. The van der Waals surface area contributed by atoms with Crippen molar-refractivity contribution in [3.8, 4) is 0 Å². The molecule has 0 saturated carbocycles. The lowest BCUT2D eigenvalue weighted by Gasteiger charge is -2.31. The first-order valence-corrected chi connectivity index (χ1v) is 6.75. The Labute approximate surface area is 105 Å². The highest BCUT2D eigenvalue weighted by atomic mass is 16.5. The van der Waals surface area contributed by atoms with E-state index >= 15 is 0 Å². The molecule has 1 aliphatic heterocycles.